The summed E-state index contributed by atoms with van der Waals surface area (Å²) in [6.45, 7) is -0.0238. The summed E-state index contributed by atoms with van der Waals surface area (Å²) in [6.07, 6.45) is 2.21. The van der Waals surface area contributed by atoms with Gasteiger partial charge in [-0.25, -0.2) is 4.79 Å². The van der Waals surface area contributed by atoms with Crippen molar-refractivity contribution in [1.29, 1.82) is 0 Å². The van der Waals surface area contributed by atoms with E-state index < -0.39 is 18.8 Å². The quantitative estimate of drug-likeness (QED) is 0.566. The number of rotatable bonds is 4. The van der Waals surface area contributed by atoms with Gasteiger partial charge < -0.3 is 15.3 Å². The number of likely N-dealkylation sites (tertiary alicyclic amines) is 1. The number of carbonyl (C=O) groups is 1. The average Bonchev–Trinajstić information content (AvgIpc) is 3.18. The standard InChI is InChI=1S/C20H22F3N7O2/c21-20(22,23)16(31)11-30-15-7-13(24-8-12(15)9-26-30)17-14(10-25-28-17)27-18(32)29-6-2-1-3-19(29)4-5-19/h7-10,16,31H,1-6,11H2,(H,25,28)(H,27,32). The molecule has 3 aromatic heterocycles. The minimum atomic E-state index is -4.75. The van der Waals surface area contributed by atoms with E-state index in [0.717, 1.165) is 36.8 Å². The van der Waals surface area contributed by atoms with E-state index in [1.54, 1.807) is 6.07 Å². The minimum Gasteiger partial charge on any atom is -0.382 e. The minimum absolute atomic E-state index is 0.0186. The summed E-state index contributed by atoms with van der Waals surface area (Å²) in [6, 6.07) is 1.36. The Morgan fingerprint density at radius 2 is 2.06 bits per heavy atom. The van der Waals surface area contributed by atoms with E-state index in [-0.39, 0.29) is 11.6 Å². The Morgan fingerprint density at radius 3 is 2.81 bits per heavy atom. The fraction of sp³-hybridized carbons (Fsp3) is 0.500. The van der Waals surface area contributed by atoms with Crippen molar-refractivity contribution in [1.82, 2.24) is 29.9 Å². The third-order valence-corrected chi connectivity index (χ3v) is 6.31. The second-order valence-electron chi connectivity index (χ2n) is 8.43. The van der Waals surface area contributed by atoms with Crippen molar-refractivity contribution < 1.29 is 23.1 Å². The normalized spacial score (nSPS) is 18.8. The van der Waals surface area contributed by atoms with Gasteiger partial charge in [-0.15, -0.1) is 0 Å². The lowest BCUT2D eigenvalue weighted by Crippen LogP contribution is -2.47. The summed E-state index contributed by atoms with van der Waals surface area (Å²) in [4.78, 5) is 19.2. The fourth-order valence-electron chi connectivity index (χ4n) is 4.36. The first-order chi connectivity index (χ1) is 15.3. The molecule has 3 N–H and O–H groups in total. The molecule has 170 valence electrons. The molecule has 0 bridgehead atoms. The second-order valence-corrected chi connectivity index (χ2v) is 8.43. The molecule has 5 rings (SSSR count). The van der Waals surface area contributed by atoms with E-state index in [2.05, 4.69) is 25.6 Å². The highest BCUT2D eigenvalue weighted by Gasteiger charge is 2.51. The number of pyridine rings is 1. The topological polar surface area (TPSA) is 112 Å². The number of hydrogen-bond donors (Lipinski definition) is 3. The maximum Gasteiger partial charge on any atom is 0.416 e. The molecule has 1 unspecified atom stereocenters. The number of nitrogens with zero attached hydrogens (tertiary/aromatic N) is 5. The molecule has 2 amide bonds. The van der Waals surface area contributed by atoms with Gasteiger partial charge in [-0.05, 0) is 38.2 Å². The summed E-state index contributed by atoms with van der Waals surface area (Å²) < 4.78 is 39.4. The van der Waals surface area contributed by atoms with E-state index in [9.17, 15) is 23.1 Å². The summed E-state index contributed by atoms with van der Waals surface area (Å²) in [5, 5.41) is 23.6. The summed E-state index contributed by atoms with van der Waals surface area (Å²) >= 11 is 0. The molecule has 3 aromatic rings. The SMILES string of the molecule is O=C(Nc1cn[nH]c1-c1cc2c(cn1)cnn2CC(O)C(F)(F)F)N1CCCCC12CC2. The van der Waals surface area contributed by atoms with Crippen LogP contribution in [0.1, 0.15) is 32.1 Å². The number of fused-ring (bicyclic) bond motifs is 1. The molecular weight excluding hydrogens is 427 g/mol. The number of hydrogen-bond acceptors (Lipinski definition) is 5. The van der Waals surface area contributed by atoms with Crippen molar-refractivity contribution in [3.05, 3.63) is 24.7 Å². The molecule has 2 aliphatic rings. The zero-order valence-electron chi connectivity index (χ0n) is 17.1. The maximum absolute atomic E-state index is 12.9. The van der Waals surface area contributed by atoms with Crippen molar-refractivity contribution in [2.24, 2.45) is 0 Å². The number of carbonyl (C=O) groups excluding carboxylic acids is 1. The zero-order valence-corrected chi connectivity index (χ0v) is 17.1. The molecular formula is C20H22F3N7O2. The number of H-pyrrole nitrogens is 1. The van der Waals surface area contributed by atoms with E-state index in [1.807, 2.05) is 4.90 Å². The number of urea groups is 1. The van der Waals surface area contributed by atoms with Crippen LogP contribution in [-0.4, -0.2) is 65.4 Å². The first-order valence-electron chi connectivity index (χ1n) is 10.5. The number of aliphatic hydroxyl groups is 1. The van der Waals surface area contributed by atoms with Gasteiger partial charge in [0.2, 0.25) is 0 Å². The molecule has 1 aliphatic heterocycles. The third kappa shape index (κ3) is 3.68. The number of aromatic amines is 1. The zero-order chi connectivity index (χ0) is 22.5. The number of piperidine rings is 1. The van der Waals surface area contributed by atoms with Crippen molar-refractivity contribution in [3.63, 3.8) is 0 Å². The summed E-state index contributed by atoms with van der Waals surface area (Å²) in [5.74, 6) is 0. The number of halogens is 3. The molecule has 0 radical (unpaired) electrons. The highest BCUT2D eigenvalue weighted by Crippen LogP contribution is 2.48. The smallest absolute Gasteiger partial charge is 0.382 e. The molecule has 12 heteroatoms. The lowest BCUT2D eigenvalue weighted by atomic mass is 10.0. The molecule has 2 fully saturated rings. The molecule has 1 aliphatic carbocycles. The van der Waals surface area contributed by atoms with Gasteiger partial charge in [0.25, 0.3) is 0 Å². The molecule has 1 spiro atoms. The van der Waals surface area contributed by atoms with E-state index in [4.69, 9.17) is 0 Å². The van der Waals surface area contributed by atoms with Crippen LogP contribution in [0.15, 0.2) is 24.7 Å². The van der Waals surface area contributed by atoms with Gasteiger partial charge in [0, 0.05) is 23.7 Å². The van der Waals surface area contributed by atoms with Gasteiger partial charge in [0.1, 0.15) is 5.69 Å². The fourth-order valence-corrected chi connectivity index (χ4v) is 4.36. The number of anilines is 1. The number of nitrogens with one attached hydrogen (secondary N) is 2. The van der Waals surface area contributed by atoms with Gasteiger partial charge in [0.05, 0.1) is 35.8 Å². The molecule has 1 atom stereocenters. The number of alkyl halides is 3. The van der Waals surface area contributed by atoms with E-state index in [0.29, 0.717) is 34.5 Å². The first kappa shape index (κ1) is 20.7. The van der Waals surface area contributed by atoms with Crippen LogP contribution in [0.2, 0.25) is 0 Å². The Morgan fingerprint density at radius 1 is 1.25 bits per heavy atom. The van der Waals surface area contributed by atoms with Crippen molar-refractivity contribution >= 4 is 22.6 Å². The number of amides is 2. The predicted octanol–water partition coefficient (Wildman–Crippen LogP) is 3.30. The maximum atomic E-state index is 12.9. The molecule has 1 saturated carbocycles. The van der Waals surface area contributed by atoms with Crippen molar-refractivity contribution in [3.8, 4) is 11.4 Å². The number of aromatic nitrogens is 5. The van der Waals surface area contributed by atoms with Crippen LogP contribution in [0, 0.1) is 0 Å². The highest BCUT2D eigenvalue weighted by molar-refractivity contribution is 5.94. The molecule has 0 aromatic carbocycles. The van der Waals surface area contributed by atoms with Gasteiger partial charge >= 0.3 is 12.2 Å². The van der Waals surface area contributed by atoms with Crippen LogP contribution in [0.5, 0.6) is 0 Å². The Bertz CT molecular complexity index is 1150. The predicted molar refractivity (Wildman–Crippen MR) is 109 cm³/mol. The Hall–Kier alpha value is -3.15. The van der Waals surface area contributed by atoms with Gasteiger partial charge in [-0.1, -0.05) is 0 Å². The molecule has 4 heterocycles. The van der Waals surface area contributed by atoms with Crippen molar-refractivity contribution in [2.75, 3.05) is 11.9 Å². The van der Waals surface area contributed by atoms with Crippen LogP contribution in [-0.2, 0) is 6.54 Å². The van der Waals surface area contributed by atoms with E-state index in [1.165, 1.54) is 18.6 Å². The van der Waals surface area contributed by atoms with Crippen LogP contribution < -0.4 is 5.32 Å². The summed E-state index contributed by atoms with van der Waals surface area (Å²) in [5.41, 5.74) is 1.61. The lowest BCUT2D eigenvalue weighted by Gasteiger charge is -2.36. The van der Waals surface area contributed by atoms with Crippen LogP contribution >= 0.6 is 0 Å². The van der Waals surface area contributed by atoms with Crippen molar-refractivity contribution in [2.45, 2.75) is 56.5 Å². The molecule has 9 nitrogen and oxygen atoms in total. The average molecular weight is 449 g/mol. The largest absolute Gasteiger partial charge is 0.416 e. The molecule has 32 heavy (non-hydrogen) atoms. The second kappa shape index (κ2) is 7.47. The Labute approximate surface area is 180 Å². The van der Waals surface area contributed by atoms with Crippen LogP contribution in [0.4, 0.5) is 23.7 Å². The lowest BCUT2D eigenvalue weighted by molar-refractivity contribution is -0.207. The monoisotopic (exact) mass is 449 g/mol. The van der Waals surface area contributed by atoms with Gasteiger partial charge in [-0.3, -0.25) is 14.8 Å². The van der Waals surface area contributed by atoms with Gasteiger partial charge in [-0.2, -0.15) is 23.4 Å². The summed E-state index contributed by atoms with van der Waals surface area (Å²) in [7, 11) is 0. The van der Waals surface area contributed by atoms with E-state index >= 15 is 0 Å². The van der Waals surface area contributed by atoms with Crippen LogP contribution in [0.3, 0.4) is 0 Å². The first-order valence-corrected chi connectivity index (χ1v) is 10.5. The Balaban J connectivity index is 1.40. The number of aliphatic hydroxyl groups excluding tert-OH is 1. The van der Waals surface area contributed by atoms with Crippen LogP contribution in [0.25, 0.3) is 22.3 Å². The Kier molecular flexibility index (Phi) is 4.84. The highest BCUT2D eigenvalue weighted by atomic mass is 19.4. The molecule has 1 saturated heterocycles. The van der Waals surface area contributed by atoms with Gasteiger partial charge in [0.15, 0.2) is 6.10 Å². The third-order valence-electron chi connectivity index (χ3n) is 6.31.